The first-order chi connectivity index (χ1) is 13.8. The Morgan fingerprint density at radius 2 is 1.43 bits per heavy atom. The summed E-state index contributed by atoms with van der Waals surface area (Å²) in [6, 6.07) is 17.7. The second-order valence-corrected chi connectivity index (χ2v) is 8.33. The molecule has 1 nitrogen and oxygen atoms in total. The van der Waals surface area contributed by atoms with E-state index >= 15 is 0 Å². The Bertz CT molecular complexity index is 650. The molecule has 1 aliphatic carbocycles. The van der Waals surface area contributed by atoms with Crippen LogP contribution < -0.4 is 4.74 Å². The van der Waals surface area contributed by atoms with Crippen molar-refractivity contribution >= 4 is 0 Å². The molecule has 2 aromatic rings. The monoisotopic (exact) mass is 377 g/mol. The SMILES string of the molecule is CCCCCCCOc1ccc(-c2ccc(CCC3CC[CH]CC3)cc2)cc1. The molecule has 151 valence electrons. The third-order valence-corrected chi connectivity index (χ3v) is 6.06. The third-order valence-electron chi connectivity index (χ3n) is 6.06. The van der Waals surface area contributed by atoms with Gasteiger partial charge in [-0.15, -0.1) is 0 Å². The molecule has 0 N–H and O–H groups in total. The minimum absolute atomic E-state index is 0.830. The minimum atomic E-state index is 0.830. The lowest BCUT2D eigenvalue weighted by Gasteiger charge is -2.21. The van der Waals surface area contributed by atoms with Gasteiger partial charge in [-0.1, -0.05) is 81.8 Å². The van der Waals surface area contributed by atoms with E-state index in [0.29, 0.717) is 0 Å². The maximum atomic E-state index is 5.88. The largest absolute Gasteiger partial charge is 0.494 e. The van der Waals surface area contributed by atoms with Crippen LogP contribution in [0.15, 0.2) is 48.5 Å². The van der Waals surface area contributed by atoms with Crippen molar-refractivity contribution in [2.75, 3.05) is 6.61 Å². The van der Waals surface area contributed by atoms with Crippen molar-refractivity contribution in [2.24, 2.45) is 5.92 Å². The number of hydrogen-bond donors (Lipinski definition) is 0. The van der Waals surface area contributed by atoms with Gasteiger partial charge in [0.1, 0.15) is 5.75 Å². The normalized spacial score (nSPS) is 14.9. The van der Waals surface area contributed by atoms with E-state index in [1.165, 1.54) is 80.9 Å². The molecule has 0 saturated heterocycles. The summed E-state index contributed by atoms with van der Waals surface area (Å²) in [5.74, 6) is 1.92. The summed E-state index contributed by atoms with van der Waals surface area (Å²) in [6.45, 7) is 3.08. The van der Waals surface area contributed by atoms with Crippen LogP contribution in [0.1, 0.15) is 76.7 Å². The van der Waals surface area contributed by atoms with E-state index in [2.05, 4.69) is 61.9 Å². The number of ether oxygens (including phenoxy) is 1. The molecule has 0 atom stereocenters. The molecule has 1 aliphatic rings. The zero-order chi connectivity index (χ0) is 19.4. The Labute approximate surface area is 172 Å². The number of aryl methyl sites for hydroxylation is 1. The minimum Gasteiger partial charge on any atom is -0.494 e. The fourth-order valence-corrected chi connectivity index (χ4v) is 4.16. The summed E-state index contributed by atoms with van der Waals surface area (Å²) in [4.78, 5) is 0. The predicted molar refractivity (Wildman–Crippen MR) is 121 cm³/mol. The molecule has 0 amide bonds. The number of rotatable bonds is 11. The van der Waals surface area contributed by atoms with Gasteiger partial charge >= 0.3 is 0 Å². The first-order valence-corrected chi connectivity index (χ1v) is 11.5. The second kappa shape index (κ2) is 11.9. The highest BCUT2D eigenvalue weighted by Crippen LogP contribution is 2.28. The summed E-state index contributed by atoms with van der Waals surface area (Å²) >= 11 is 0. The van der Waals surface area contributed by atoms with Gasteiger partial charge in [0, 0.05) is 0 Å². The van der Waals surface area contributed by atoms with Gasteiger partial charge in [-0.25, -0.2) is 0 Å². The number of benzene rings is 2. The lowest BCUT2D eigenvalue weighted by atomic mass is 9.85. The van der Waals surface area contributed by atoms with Gasteiger partial charge in [-0.05, 0) is 73.3 Å². The Kier molecular flexibility index (Phi) is 8.94. The Hall–Kier alpha value is -1.76. The summed E-state index contributed by atoms with van der Waals surface area (Å²) in [6.07, 6.45) is 16.8. The zero-order valence-electron chi connectivity index (χ0n) is 17.7. The van der Waals surface area contributed by atoms with Crippen LogP contribution in [0.25, 0.3) is 11.1 Å². The Balaban J connectivity index is 1.43. The highest BCUT2D eigenvalue weighted by atomic mass is 16.5. The van der Waals surface area contributed by atoms with Crippen molar-refractivity contribution in [3.05, 3.63) is 60.5 Å². The molecule has 2 aromatic carbocycles. The van der Waals surface area contributed by atoms with Crippen LogP contribution in [0.3, 0.4) is 0 Å². The average Bonchev–Trinajstić information content (AvgIpc) is 2.76. The molecular formula is C27H37O. The number of hydrogen-bond acceptors (Lipinski definition) is 1. The predicted octanol–water partition coefficient (Wildman–Crippen LogP) is 8.03. The molecule has 1 heteroatoms. The third kappa shape index (κ3) is 7.00. The molecule has 3 rings (SSSR count). The molecule has 1 saturated carbocycles. The van der Waals surface area contributed by atoms with E-state index in [-0.39, 0.29) is 0 Å². The van der Waals surface area contributed by atoms with Gasteiger partial charge in [0.05, 0.1) is 6.61 Å². The molecular weight excluding hydrogens is 340 g/mol. The van der Waals surface area contributed by atoms with E-state index in [0.717, 1.165) is 24.7 Å². The van der Waals surface area contributed by atoms with Gasteiger partial charge < -0.3 is 4.74 Å². The van der Waals surface area contributed by atoms with Crippen molar-refractivity contribution < 1.29 is 4.74 Å². The Morgan fingerprint density at radius 1 is 0.786 bits per heavy atom. The second-order valence-electron chi connectivity index (χ2n) is 8.33. The molecule has 1 fully saturated rings. The van der Waals surface area contributed by atoms with Crippen LogP contribution in [0, 0.1) is 12.3 Å². The van der Waals surface area contributed by atoms with Gasteiger partial charge in [0.25, 0.3) is 0 Å². The first-order valence-electron chi connectivity index (χ1n) is 11.5. The van der Waals surface area contributed by atoms with Crippen LogP contribution in [0.4, 0.5) is 0 Å². The van der Waals surface area contributed by atoms with Crippen LogP contribution in [0.2, 0.25) is 0 Å². The van der Waals surface area contributed by atoms with Crippen LogP contribution in [-0.2, 0) is 6.42 Å². The first kappa shape index (κ1) is 21.0. The van der Waals surface area contributed by atoms with E-state index in [9.17, 15) is 0 Å². The topological polar surface area (TPSA) is 9.23 Å². The lowest BCUT2D eigenvalue weighted by Crippen LogP contribution is -2.07. The molecule has 0 spiro atoms. The van der Waals surface area contributed by atoms with Gasteiger partial charge in [-0.2, -0.15) is 0 Å². The zero-order valence-corrected chi connectivity index (χ0v) is 17.7. The van der Waals surface area contributed by atoms with Crippen LogP contribution in [0.5, 0.6) is 5.75 Å². The molecule has 0 aromatic heterocycles. The molecule has 0 heterocycles. The van der Waals surface area contributed by atoms with Gasteiger partial charge in [-0.3, -0.25) is 0 Å². The fraction of sp³-hybridized carbons (Fsp3) is 0.519. The highest BCUT2D eigenvalue weighted by molar-refractivity contribution is 5.64. The van der Waals surface area contributed by atoms with E-state index in [1.54, 1.807) is 0 Å². The van der Waals surface area contributed by atoms with Crippen molar-refractivity contribution in [2.45, 2.75) is 77.6 Å². The maximum absolute atomic E-state index is 5.88. The molecule has 28 heavy (non-hydrogen) atoms. The Morgan fingerprint density at radius 3 is 2.11 bits per heavy atom. The quantitative estimate of drug-likeness (QED) is 0.360. The van der Waals surface area contributed by atoms with Crippen molar-refractivity contribution in [1.82, 2.24) is 0 Å². The molecule has 0 aliphatic heterocycles. The van der Waals surface area contributed by atoms with Gasteiger partial charge in [0.15, 0.2) is 0 Å². The molecule has 1 radical (unpaired) electrons. The van der Waals surface area contributed by atoms with Crippen molar-refractivity contribution in [3.63, 3.8) is 0 Å². The summed E-state index contributed by atoms with van der Waals surface area (Å²) in [7, 11) is 0. The average molecular weight is 378 g/mol. The lowest BCUT2D eigenvalue weighted by molar-refractivity contribution is 0.304. The van der Waals surface area contributed by atoms with E-state index < -0.39 is 0 Å². The summed E-state index contributed by atoms with van der Waals surface area (Å²) in [5.41, 5.74) is 4.04. The van der Waals surface area contributed by atoms with Crippen LogP contribution >= 0.6 is 0 Å². The standard InChI is InChI=1S/C27H37O/c1-2-3-4-5-9-22-28-27-20-18-26(19-21-27)25-16-14-24(15-17-25)13-12-23-10-7-6-8-11-23/h6,14-21,23H,2-5,7-13,22H2,1H3. The molecule has 0 bridgehead atoms. The van der Waals surface area contributed by atoms with Crippen LogP contribution in [-0.4, -0.2) is 6.61 Å². The molecule has 0 unspecified atom stereocenters. The smallest absolute Gasteiger partial charge is 0.119 e. The summed E-state index contributed by atoms with van der Waals surface area (Å²) < 4.78 is 5.88. The van der Waals surface area contributed by atoms with Crippen molar-refractivity contribution in [3.8, 4) is 16.9 Å². The number of unbranched alkanes of at least 4 members (excludes halogenated alkanes) is 4. The van der Waals surface area contributed by atoms with Gasteiger partial charge in [0.2, 0.25) is 0 Å². The highest BCUT2D eigenvalue weighted by Gasteiger charge is 2.13. The summed E-state index contributed by atoms with van der Waals surface area (Å²) in [5, 5.41) is 0. The van der Waals surface area contributed by atoms with E-state index in [4.69, 9.17) is 4.74 Å². The maximum Gasteiger partial charge on any atom is 0.119 e. The van der Waals surface area contributed by atoms with E-state index in [1.807, 2.05) is 0 Å². The van der Waals surface area contributed by atoms with Crippen molar-refractivity contribution in [1.29, 1.82) is 0 Å². The fourth-order valence-electron chi connectivity index (χ4n) is 4.16.